The van der Waals surface area contributed by atoms with E-state index in [0.29, 0.717) is 11.6 Å². The summed E-state index contributed by atoms with van der Waals surface area (Å²) in [6.45, 7) is 0.431. The van der Waals surface area contributed by atoms with E-state index in [4.69, 9.17) is 17.3 Å². The van der Waals surface area contributed by atoms with Crippen molar-refractivity contribution in [2.75, 3.05) is 4.90 Å². The maximum Gasteiger partial charge on any atom is 0.248 e. The van der Waals surface area contributed by atoms with Gasteiger partial charge in [0.05, 0.1) is 6.54 Å². The van der Waals surface area contributed by atoms with Crippen LogP contribution in [-0.4, -0.2) is 5.91 Å². The number of nitrogens with two attached hydrogens (primary N) is 1. The van der Waals surface area contributed by atoms with Crippen molar-refractivity contribution < 1.29 is 4.79 Å². The molecular formula is C15H12BrClN2O. The first kappa shape index (κ1) is 13.6. The molecule has 0 spiro atoms. The van der Waals surface area contributed by atoms with Crippen molar-refractivity contribution in [2.24, 2.45) is 5.73 Å². The Morgan fingerprint density at radius 3 is 2.75 bits per heavy atom. The third-order valence-corrected chi connectivity index (χ3v) is 4.30. The summed E-state index contributed by atoms with van der Waals surface area (Å²) in [5.74, 6) is -0.0991. The van der Waals surface area contributed by atoms with Crippen molar-refractivity contribution in [1.82, 2.24) is 0 Å². The van der Waals surface area contributed by atoms with E-state index < -0.39 is 6.04 Å². The van der Waals surface area contributed by atoms with Crippen LogP contribution < -0.4 is 10.6 Å². The normalized spacial score (nSPS) is 17.4. The third kappa shape index (κ3) is 2.24. The molecule has 2 N–H and O–H groups in total. The van der Waals surface area contributed by atoms with Crippen LogP contribution in [0.1, 0.15) is 17.2 Å². The summed E-state index contributed by atoms with van der Waals surface area (Å²) in [6, 6.07) is 12.6. The maximum absolute atomic E-state index is 12.3. The Hall–Kier alpha value is -1.36. The van der Waals surface area contributed by atoms with Gasteiger partial charge in [0, 0.05) is 20.7 Å². The van der Waals surface area contributed by atoms with Gasteiger partial charge in [-0.25, -0.2) is 0 Å². The molecule has 1 atom stereocenters. The second kappa shape index (κ2) is 5.20. The molecule has 0 fully saturated rings. The van der Waals surface area contributed by atoms with Gasteiger partial charge in [0.15, 0.2) is 0 Å². The number of anilines is 1. The molecule has 0 radical (unpaired) electrons. The molecule has 1 aliphatic heterocycles. The van der Waals surface area contributed by atoms with Gasteiger partial charge in [-0.2, -0.15) is 0 Å². The van der Waals surface area contributed by atoms with E-state index in [1.54, 1.807) is 4.90 Å². The van der Waals surface area contributed by atoms with Crippen LogP contribution in [0.5, 0.6) is 0 Å². The fourth-order valence-corrected chi connectivity index (χ4v) is 2.97. The molecule has 1 aliphatic rings. The van der Waals surface area contributed by atoms with Crippen LogP contribution in [0.3, 0.4) is 0 Å². The summed E-state index contributed by atoms with van der Waals surface area (Å²) in [6.07, 6.45) is 0. The van der Waals surface area contributed by atoms with E-state index in [-0.39, 0.29) is 5.91 Å². The van der Waals surface area contributed by atoms with Crippen LogP contribution in [0.15, 0.2) is 46.9 Å². The van der Waals surface area contributed by atoms with Crippen LogP contribution in [0, 0.1) is 0 Å². The lowest BCUT2D eigenvalue weighted by atomic mass is 10.1. The molecule has 3 rings (SSSR count). The summed E-state index contributed by atoms with van der Waals surface area (Å²) < 4.78 is 0.916. The summed E-state index contributed by atoms with van der Waals surface area (Å²) in [5.41, 5.74) is 8.60. The number of carbonyl (C=O) groups excluding carboxylic acids is 1. The number of hydrogen-bond donors (Lipinski definition) is 1. The number of carbonyl (C=O) groups is 1. The minimum Gasteiger partial charge on any atom is -0.316 e. The topological polar surface area (TPSA) is 46.3 Å². The largest absolute Gasteiger partial charge is 0.316 e. The van der Waals surface area contributed by atoms with Gasteiger partial charge in [0.2, 0.25) is 5.91 Å². The molecule has 2 aromatic carbocycles. The van der Waals surface area contributed by atoms with E-state index in [0.717, 1.165) is 21.3 Å². The lowest BCUT2D eigenvalue weighted by Crippen LogP contribution is -2.31. The second-order valence-corrected chi connectivity index (χ2v) is 6.02. The van der Waals surface area contributed by atoms with Crippen LogP contribution in [0.25, 0.3) is 0 Å². The van der Waals surface area contributed by atoms with E-state index in [1.165, 1.54) is 0 Å². The predicted molar refractivity (Wildman–Crippen MR) is 83.7 cm³/mol. The van der Waals surface area contributed by atoms with Crippen molar-refractivity contribution in [1.29, 1.82) is 0 Å². The fourth-order valence-electron chi connectivity index (χ4n) is 2.40. The Balaban J connectivity index is 2.00. The number of fused-ring (bicyclic) bond motifs is 1. The minimum absolute atomic E-state index is 0.0991. The van der Waals surface area contributed by atoms with E-state index in [1.807, 2.05) is 42.5 Å². The van der Waals surface area contributed by atoms with Gasteiger partial charge in [-0.15, -0.1) is 0 Å². The molecule has 0 bridgehead atoms. The van der Waals surface area contributed by atoms with Crippen LogP contribution >= 0.6 is 27.5 Å². The summed E-state index contributed by atoms with van der Waals surface area (Å²) >= 11 is 9.57. The molecule has 0 saturated carbocycles. The Labute approximate surface area is 130 Å². The number of halogens is 2. The Bertz CT molecular complexity index is 689. The summed E-state index contributed by atoms with van der Waals surface area (Å²) in [7, 11) is 0. The molecule has 1 amide bonds. The lowest BCUT2D eigenvalue weighted by Gasteiger charge is -2.18. The highest BCUT2D eigenvalue weighted by Gasteiger charge is 2.34. The minimum atomic E-state index is -0.606. The molecule has 20 heavy (non-hydrogen) atoms. The molecule has 1 unspecified atom stereocenters. The van der Waals surface area contributed by atoms with Gasteiger partial charge in [0.1, 0.15) is 6.04 Å². The van der Waals surface area contributed by atoms with Crippen LogP contribution in [0.4, 0.5) is 5.69 Å². The first-order chi connectivity index (χ1) is 9.58. The highest BCUT2D eigenvalue weighted by molar-refractivity contribution is 9.10. The van der Waals surface area contributed by atoms with Crippen molar-refractivity contribution in [3.63, 3.8) is 0 Å². The molecule has 0 aliphatic carbocycles. The Morgan fingerprint density at radius 2 is 2.00 bits per heavy atom. The van der Waals surface area contributed by atoms with Crippen molar-refractivity contribution >= 4 is 39.1 Å². The van der Waals surface area contributed by atoms with E-state index in [9.17, 15) is 4.79 Å². The molecule has 3 nitrogen and oxygen atoms in total. The first-order valence-corrected chi connectivity index (χ1v) is 7.35. The smallest absolute Gasteiger partial charge is 0.248 e. The molecule has 5 heteroatoms. The number of rotatable bonds is 2. The van der Waals surface area contributed by atoms with Crippen LogP contribution in [-0.2, 0) is 11.3 Å². The zero-order valence-electron chi connectivity index (χ0n) is 10.5. The zero-order valence-corrected chi connectivity index (χ0v) is 12.9. The highest BCUT2D eigenvalue weighted by atomic mass is 79.9. The van der Waals surface area contributed by atoms with Crippen molar-refractivity contribution in [2.45, 2.75) is 12.6 Å². The van der Waals surface area contributed by atoms with Crippen molar-refractivity contribution in [3.05, 3.63) is 63.1 Å². The van der Waals surface area contributed by atoms with Gasteiger partial charge < -0.3 is 10.6 Å². The predicted octanol–water partition coefficient (Wildman–Crippen LogP) is 3.65. The van der Waals surface area contributed by atoms with Gasteiger partial charge in [0.25, 0.3) is 0 Å². The van der Waals surface area contributed by atoms with E-state index in [2.05, 4.69) is 15.9 Å². The zero-order chi connectivity index (χ0) is 14.3. The number of amides is 1. The monoisotopic (exact) mass is 350 g/mol. The Kier molecular flexibility index (Phi) is 3.54. The second-order valence-electron chi connectivity index (χ2n) is 4.70. The molecule has 2 aromatic rings. The van der Waals surface area contributed by atoms with E-state index >= 15 is 0 Å². The fraction of sp³-hybridized carbons (Fsp3) is 0.133. The average molecular weight is 352 g/mol. The van der Waals surface area contributed by atoms with Gasteiger partial charge in [-0.05, 0) is 29.8 Å². The first-order valence-electron chi connectivity index (χ1n) is 6.18. The number of nitrogens with zero attached hydrogens (tertiary/aromatic N) is 1. The quantitative estimate of drug-likeness (QED) is 0.897. The molecule has 102 valence electrons. The molecule has 0 aromatic heterocycles. The standard InChI is InChI=1S/C15H12BrClN2O/c16-10-5-6-13-11(7-10)14(18)15(20)19(13)8-9-3-1-2-4-12(9)17/h1-7,14H,8,18H2. The third-order valence-electron chi connectivity index (χ3n) is 3.43. The van der Waals surface area contributed by atoms with Crippen LogP contribution in [0.2, 0.25) is 5.02 Å². The van der Waals surface area contributed by atoms with Crippen molar-refractivity contribution in [3.8, 4) is 0 Å². The summed E-state index contributed by atoms with van der Waals surface area (Å²) in [5, 5.41) is 0.652. The number of benzene rings is 2. The summed E-state index contributed by atoms with van der Waals surface area (Å²) in [4.78, 5) is 14.0. The highest BCUT2D eigenvalue weighted by Crippen LogP contribution is 2.37. The average Bonchev–Trinajstić information content (AvgIpc) is 2.66. The van der Waals surface area contributed by atoms with Gasteiger partial charge in [-0.1, -0.05) is 45.7 Å². The molecule has 1 heterocycles. The lowest BCUT2D eigenvalue weighted by molar-refractivity contribution is -0.119. The SMILES string of the molecule is NC1C(=O)N(Cc2ccccc2Cl)c2ccc(Br)cc21. The van der Waals surface area contributed by atoms with Gasteiger partial charge in [-0.3, -0.25) is 4.79 Å². The molecular weight excluding hydrogens is 340 g/mol. The molecule has 0 saturated heterocycles. The Morgan fingerprint density at radius 1 is 1.25 bits per heavy atom. The maximum atomic E-state index is 12.3. The number of hydrogen-bond acceptors (Lipinski definition) is 2. The van der Waals surface area contributed by atoms with Gasteiger partial charge >= 0.3 is 0 Å².